The van der Waals surface area contributed by atoms with Gasteiger partial charge in [0.15, 0.2) is 23.8 Å². The molecule has 1 amide bonds. The minimum atomic E-state index is -4.06. The molecule has 190 valence electrons. The Bertz CT molecular complexity index is 962. The Morgan fingerprint density at radius 1 is 1.12 bits per heavy atom. The number of hydroxylamine groups is 1. The molecule has 0 radical (unpaired) electrons. The van der Waals surface area contributed by atoms with Crippen molar-refractivity contribution in [2.24, 2.45) is 0 Å². The molecule has 2 saturated heterocycles. The van der Waals surface area contributed by atoms with Crippen LogP contribution in [0.1, 0.15) is 58.4 Å². The molecule has 0 saturated carbocycles. The Balaban J connectivity index is 1.52. The van der Waals surface area contributed by atoms with Crippen molar-refractivity contribution in [3.05, 3.63) is 41.8 Å². The van der Waals surface area contributed by atoms with Crippen LogP contribution >= 0.6 is 0 Å². The summed E-state index contributed by atoms with van der Waals surface area (Å²) < 4.78 is 49.9. The van der Waals surface area contributed by atoms with E-state index < -0.39 is 40.4 Å². The molecule has 10 nitrogen and oxygen atoms in total. The minimum Gasteiger partial charge on any atom is -0.462 e. The van der Waals surface area contributed by atoms with Crippen molar-refractivity contribution >= 4 is 16.1 Å². The monoisotopic (exact) mass is 498 g/mol. The van der Waals surface area contributed by atoms with Gasteiger partial charge in [0.2, 0.25) is 6.29 Å². The fraction of sp³-hybridized carbons (Fsp3) is 0.609. The molecule has 1 aromatic carbocycles. The van der Waals surface area contributed by atoms with E-state index in [1.54, 1.807) is 26.0 Å². The Labute approximate surface area is 200 Å². The average molecular weight is 499 g/mol. The summed E-state index contributed by atoms with van der Waals surface area (Å²) in [6.45, 7) is 8.10. The van der Waals surface area contributed by atoms with Crippen LogP contribution in [-0.4, -0.2) is 45.4 Å². The number of aryl methyl sites for hydroxylation is 1. The Morgan fingerprint density at radius 3 is 2.53 bits per heavy atom. The van der Waals surface area contributed by atoms with E-state index in [2.05, 4.69) is 12.4 Å². The highest BCUT2D eigenvalue weighted by molar-refractivity contribution is 7.90. The van der Waals surface area contributed by atoms with Crippen LogP contribution in [0.4, 0.5) is 4.79 Å². The van der Waals surface area contributed by atoms with Crippen LogP contribution in [0, 0.1) is 6.92 Å². The Kier molecular flexibility index (Phi) is 8.80. The summed E-state index contributed by atoms with van der Waals surface area (Å²) in [6.07, 6.45) is 3.92. The molecule has 2 aliphatic rings. The third-order valence-electron chi connectivity index (χ3n) is 5.36. The average Bonchev–Trinajstić information content (AvgIpc) is 3.24. The molecule has 0 aliphatic carbocycles. The molecule has 0 aromatic heterocycles. The quantitative estimate of drug-likeness (QED) is 0.348. The van der Waals surface area contributed by atoms with Gasteiger partial charge in [-0.15, -0.1) is 0 Å². The molecule has 2 aliphatic heterocycles. The van der Waals surface area contributed by atoms with E-state index in [4.69, 9.17) is 23.8 Å². The molecule has 3 atom stereocenters. The SMILES string of the molecule is CCCCCCCO[C@H]1OC(=CNOC(=O)NS(=O)(=O)c2ccc(C)cc2)[C@@H]2OC(C)(C)O[C@H]12. The van der Waals surface area contributed by atoms with Crippen LogP contribution in [0.3, 0.4) is 0 Å². The second kappa shape index (κ2) is 11.4. The van der Waals surface area contributed by atoms with Crippen molar-refractivity contribution in [2.45, 2.75) is 89.0 Å². The first-order chi connectivity index (χ1) is 16.1. The lowest BCUT2D eigenvalue weighted by Gasteiger charge is -2.22. The number of nitrogens with one attached hydrogen (secondary N) is 2. The van der Waals surface area contributed by atoms with Gasteiger partial charge < -0.3 is 23.8 Å². The normalized spacial score (nSPS) is 24.5. The first kappa shape index (κ1) is 26.3. The molecule has 2 heterocycles. The van der Waals surface area contributed by atoms with Gasteiger partial charge in [-0.1, -0.05) is 50.3 Å². The van der Waals surface area contributed by atoms with E-state index in [9.17, 15) is 13.2 Å². The van der Waals surface area contributed by atoms with Gasteiger partial charge in [0.1, 0.15) is 0 Å². The zero-order valence-electron chi connectivity index (χ0n) is 20.0. The molecular weight excluding hydrogens is 464 g/mol. The van der Waals surface area contributed by atoms with E-state index in [0.717, 1.165) is 24.8 Å². The molecule has 0 unspecified atom stereocenters. The Morgan fingerprint density at radius 2 is 1.82 bits per heavy atom. The summed E-state index contributed by atoms with van der Waals surface area (Å²) in [7, 11) is -4.06. The zero-order chi connectivity index (χ0) is 24.8. The number of fused-ring (bicyclic) bond motifs is 1. The lowest BCUT2D eigenvalue weighted by Crippen LogP contribution is -2.34. The predicted molar refractivity (Wildman–Crippen MR) is 123 cm³/mol. The van der Waals surface area contributed by atoms with Gasteiger partial charge >= 0.3 is 6.09 Å². The van der Waals surface area contributed by atoms with E-state index in [0.29, 0.717) is 12.4 Å². The first-order valence-electron chi connectivity index (χ1n) is 11.5. The van der Waals surface area contributed by atoms with Gasteiger partial charge in [0, 0.05) is 0 Å². The number of carbonyl (C=O) groups is 1. The first-order valence-corrected chi connectivity index (χ1v) is 13.0. The predicted octanol–water partition coefficient (Wildman–Crippen LogP) is 3.62. The topological polar surface area (TPSA) is 121 Å². The maximum Gasteiger partial charge on any atom is 0.445 e. The highest BCUT2D eigenvalue weighted by atomic mass is 32.2. The van der Waals surface area contributed by atoms with Gasteiger partial charge in [-0.2, -0.15) is 0 Å². The molecule has 2 fully saturated rings. The van der Waals surface area contributed by atoms with Crippen LogP contribution in [0.2, 0.25) is 0 Å². The number of hydrogen-bond donors (Lipinski definition) is 2. The van der Waals surface area contributed by atoms with Gasteiger partial charge in [0.05, 0.1) is 17.7 Å². The molecule has 34 heavy (non-hydrogen) atoms. The van der Waals surface area contributed by atoms with Gasteiger partial charge in [-0.05, 0) is 39.3 Å². The smallest absolute Gasteiger partial charge is 0.445 e. The van der Waals surface area contributed by atoms with E-state index in [1.807, 2.05) is 11.6 Å². The molecule has 1 aromatic rings. The van der Waals surface area contributed by atoms with Crippen molar-refractivity contribution in [1.82, 2.24) is 10.2 Å². The number of unbranched alkanes of at least 4 members (excludes halogenated alkanes) is 4. The fourth-order valence-electron chi connectivity index (χ4n) is 3.67. The number of carbonyl (C=O) groups excluding carboxylic acids is 1. The molecule has 0 bridgehead atoms. The Hall–Kier alpha value is -2.34. The van der Waals surface area contributed by atoms with Gasteiger partial charge in [0.25, 0.3) is 10.0 Å². The summed E-state index contributed by atoms with van der Waals surface area (Å²) in [5.74, 6) is -0.512. The van der Waals surface area contributed by atoms with Crippen LogP contribution in [0.25, 0.3) is 0 Å². The van der Waals surface area contributed by atoms with E-state index in [1.165, 1.54) is 31.2 Å². The van der Waals surface area contributed by atoms with Gasteiger partial charge in [-0.25, -0.2) is 23.4 Å². The summed E-state index contributed by atoms with van der Waals surface area (Å²) in [5.41, 5.74) is 3.20. The van der Waals surface area contributed by atoms with Crippen LogP contribution in [-0.2, 0) is 33.8 Å². The summed E-state index contributed by atoms with van der Waals surface area (Å²) in [5, 5.41) is 0. The van der Waals surface area contributed by atoms with Crippen molar-refractivity contribution < 1.29 is 37.0 Å². The standard InChI is InChI=1S/C23H34N2O8S/c1-5-6-7-8-9-14-29-21-20-19(31-23(3,4)32-20)18(30-21)15-24-33-22(26)25-34(27,28)17-12-10-16(2)11-13-17/h10-13,15,19-21,24H,5-9,14H2,1-4H3,(H,25,26)/t19-,20-,21-/m0/s1. The lowest BCUT2D eigenvalue weighted by molar-refractivity contribution is -0.208. The third kappa shape index (κ3) is 7.08. The van der Waals surface area contributed by atoms with E-state index in [-0.39, 0.29) is 4.90 Å². The van der Waals surface area contributed by atoms with Crippen LogP contribution in [0.15, 0.2) is 41.1 Å². The second-order valence-corrected chi connectivity index (χ2v) is 10.4. The highest BCUT2D eigenvalue weighted by Gasteiger charge is 2.54. The zero-order valence-corrected chi connectivity index (χ0v) is 20.9. The molecule has 2 N–H and O–H groups in total. The molecule has 0 spiro atoms. The molecule has 11 heteroatoms. The number of sulfonamides is 1. The van der Waals surface area contributed by atoms with E-state index >= 15 is 0 Å². The molecule has 3 rings (SSSR count). The fourth-order valence-corrected chi connectivity index (χ4v) is 4.55. The number of ether oxygens (including phenoxy) is 4. The van der Waals surface area contributed by atoms with Crippen molar-refractivity contribution in [2.75, 3.05) is 6.61 Å². The number of benzene rings is 1. The molecular formula is C23H34N2O8S. The lowest BCUT2D eigenvalue weighted by atomic mass is 10.2. The number of amides is 1. The largest absolute Gasteiger partial charge is 0.462 e. The number of rotatable bonds is 11. The number of hydrogen-bond acceptors (Lipinski definition) is 9. The third-order valence-corrected chi connectivity index (χ3v) is 6.69. The minimum absolute atomic E-state index is 0.0520. The van der Waals surface area contributed by atoms with Gasteiger partial charge in [-0.3, -0.25) is 0 Å². The summed E-state index contributed by atoms with van der Waals surface area (Å²) in [6, 6.07) is 6.06. The van der Waals surface area contributed by atoms with Crippen molar-refractivity contribution in [3.8, 4) is 0 Å². The van der Waals surface area contributed by atoms with Crippen molar-refractivity contribution in [3.63, 3.8) is 0 Å². The van der Waals surface area contributed by atoms with Crippen LogP contribution in [0.5, 0.6) is 0 Å². The maximum absolute atomic E-state index is 12.3. The maximum atomic E-state index is 12.3. The highest BCUT2D eigenvalue weighted by Crippen LogP contribution is 2.40. The summed E-state index contributed by atoms with van der Waals surface area (Å²) >= 11 is 0. The van der Waals surface area contributed by atoms with Crippen molar-refractivity contribution in [1.29, 1.82) is 0 Å². The second-order valence-electron chi connectivity index (χ2n) is 8.76. The van der Waals surface area contributed by atoms with Crippen LogP contribution < -0.4 is 10.2 Å². The summed E-state index contributed by atoms with van der Waals surface area (Å²) in [4.78, 5) is 16.7.